The monoisotopic (exact) mass is 974 g/mol. The van der Waals surface area contributed by atoms with Crippen molar-refractivity contribution in [1.29, 1.82) is 0 Å². The van der Waals surface area contributed by atoms with E-state index >= 15 is 0 Å². The smallest absolute Gasteiger partial charge is 0.187 e. The van der Waals surface area contributed by atoms with Gasteiger partial charge in [-0.3, -0.25) is 0 Å². The Labute approximate surface area is 373 Å². The molecule has 0 aromatic heterocycles. The largest absolute Gasteiger partial charge is 0.394 e. The molecule has 66 heavy (non-hydrogen) atoms. The minimum atomic E-state index is -2.23. The van der Waals surface area contributed by atoms with Crippen LogP contribution in [0.1, 0.15) is 6.42 Å². The summed E-state index contributed by atoms with van der Waals surface area (Å²) >= 11 is 0. The Kier molecular flexibility index (Phi) is 19.2. The molecule has 0 aromatic carbocycles. The van der Waals surface area contributed by atoms with Crippen molar-refractivity contribution >= 4 is 0 Å². The van der Waals surface area contributed by atoms with E-state index in [9.17, 15) is 97.0 Å². The fourth-order valence-electron chi connectivity index (χ4n) is 8.45. The molecule has 1 unspecified atom stereocenters. The van der Waals surface area contributed by atoms with Crippen LogP contribution in [0.4, 0.5) is 0 Å². The van der Waals surface area contributed by atoms with Crippen molar-refractivity contribution in [2.24, 2.45) is 0 Å². The van der Waals surface area contributed by atoms with Crippen molar-refractivity contribution in [3.63, 3.8) is 0 Å². The van der Waals surface area contributed by atoms with Gasteiger partial charge in [0.2, 0.25) is 0 Å². The average molecular weight is 975 g/mol. The predicted molar refractivity (Wildman–Crippen MR) is 198 cm³/mol. The Morgan fingerprint density at radius 2 is 0.576 bits per heavy atom. The second kappa shape index (κ2) is 23.4. The lowest BCUT2D eigenvalue weighted by Gasteiger charge is -2.50. The molecular formula is C36H62O30. The number of aliphatic hydroxyl groups excluding tert-OH is 19. The van der Waals surface area contributed by atoms with Crippen molar-refractivity contribution in [2.45, 2.75) is 185 Å². The number of ether oxygens (including phenoxy) is 11. The minimum Gasteiger partial charge on any atom is -0.394 e. The van der Waals surface area contributed by atoms with Gasteiger partial charge < -0.3 is 149 Å². The van der Waals surface area contributed by atoms with Crippen molar-refractivity contribution in [2.75, 3.05) is 39.6 Å². The van der Waals surface area contributed by atoms with E-state index in [1.807, 2.05) is 0 Å². The van der Waals surface area contributed by atoms with Crippen LogP contribution in [-0.2, 0) is 52.1 Å². The molecule has 6 fully saturated rings. The molecule has 0 aliphatic carbocycles. The zero-order valence-electron chi connectivity index (χ0n) is 34.7. The topological polar surface area (TPSA) is 486 Å². The van der Waals surface area contributed by atoms with E-state index in [0.717, 1.165) is 0 Å². The highest BCUT2D eigenvalue weighted by atomic mass is 16.8. The summed E-state index contributed by atoms with van der Waals surface area (Å²) in [5.74, 6) is 0. The lowest BCUT2D eigenvalue weighted by Crippen LogP contribution is -2.68. The summed E-state index contributed by atoms with van der Waals surface area (Å²) in [6.07, 6.45) is -54.5. The molecular weight excluding hydrogens is 912 g/mol. The Balaban J connectivity index is 1.18. The molecule has 0 bridgehead atoms. The zero-order valence-corrected chi connectivity index (χ0v) is 34.7. The Bertz CT molecular complexity index is 1470. The molecule has 30 heteroatoms. The molecule has 6 heterocycles. The minimum absolute atomic E-state index is 0.227. The number of rotatable bonds is 16. The maximum atomic E-state index is 11.5. The number of aliphatic hydroxyl groups is 19. The van der Waals surface area contributed by atoms with Gasteiger partial charge in [-0.2, -0.15) is 0 Å². The molecule has 6 saturated heterocycles. The van der Waals surface area contributed by atoms with E-state index < -0.39 is 218 Å². The van der Waals surface area contributed by atoms with Crippen LogP contribution in [0, 0.1) is 0 Å². The summed E-state index contributed by atoms with van der Waals surface area (Å²) < 4.78 is 60.9. The molecule has 6 rings (SSSR count). The van der Waals surface area contributed by atoms with Crippen LogP contribution in [0.3, 0.4) is 0 Å². The Morgan fingerprint density at radius 1 is 0.288 bits per heavy atom. The van der Waals surface area contributed by atoms with Crippen LogP contribution in [0.5, 0.6) is 0 Å². The van der Waals surface area contributed by atoms with E-state index in [2.05, 4.69) is 0 Å². The third kappa shape index (κ3) is 11.1. The molecule has 0 saturated carbocycles. The van der Waals surface area contributed by atoms with E-state index in [1.165, 1.54) is 0 Å². The highest BCUT2D eigenvalue weighted by Gasteiger charge is 2.57. The molecule has 0 aromatic rings. The lowest BCUT2D eigenvalue weighted by molar-refractivity contribution is -0.397. The first-order valence-corrected chi connectivity index (χ1v) is 21.0. The first-order valence-electron chi connectivity index (χ1n) is 21.0. The predicted octanol–water partition coefficient (Wildman–Crippen LogP) is -13.1. The second-order valence-corrected chi connectivity index (χ2v) is 16.7. The standard InChI is InChI=1S/C36H62O30/c37-2-8-1-9(20(48)31(55)56-8)57-33-23(51)27(16(44)11(4-39)59-33)64-35-25(53)29(18(46)13(6-41)61-35)66-36-26(54)30(19(47)14(7-42)62-36)65-34-24(52)28(17(45)12(5-40)60-34)63-32-22(50)21(49)15(43)10(3-38)58-32/h8-55H,1-7H2/t8-,9-,10+,11+,12+,13+,14+,15+,16+,17+,18+,19+,20-,21-,22+,23+,24+,25+,26+,27-,28-,29-,30-,31?,32-,33+,34-,35-,36-/m0/s1. The van der Waals surface area contributed by atoms with Crippen LogP contribution in [0.15, 0.2) is 0 Å². The van der Waals surface area contributed by atoms with E-state index in [0.29, 0.717) is 0 Å². The van der Waals surface area contributed by atoms with Crippen molar-refractivity contribution in [3.05, 3.63) is 0 Å². The van der Waals surface area contributed by atoms with Gasteiger partial charge in [-0.1, -0.05) is 0 Å². The molecule has 6 aliphatic heterocycles. The van der Waals surface area contributed by atoms with Gasteiger partial charge in [0.1, 0.15) is 128 Å². The fourth-order valence-corrected chi connectivity index (χ4v) is 8.45. The van der Waals surface area contributed by atoms with Gasteiger partial charge in [0.25, 0.3) is 0 Å². The molecule has 29 atom stereocenters. The molecule has 30 nitrogen and oxygen atoms in total. The first kappa shape index (κ1) is 54.1. The van der Waals surface area contributed by atoms with Gasteiger partial charge in [0.15, 0.2) is 37.7 Å². The first-order chi connectivity index (χ1) is 31.3. The summed E-state index contributed by atoms with van der Waals surface area (Å²) in [5, 5.41) is 201. The zero-order chi connectivity index (χ0) is 48.5. The summed E-state index contributed by atoms with van der Waals surface area (Å²) in [7, 11) is 0. The molecule has 6 aliphatic rings. The number of hydrogen-bond donors (Lipinski definition) is 19. The highest BCUT2D eigenvalue weighted by Crippen LogP contribution is 2.37. The molecule has 0 radical (unpaired) electrons. The quantitative estimate of drug-likeness (QED) is 0.0683. The Morgan fingerprint density at radius 3 is 0.879 bits per heavy atom. The third-order valence-electron chi connectivity index (χ3n) is 12.3. The van der Waals surface area contributed by atoms with E-state index in [1.54, 1.807) is 0 Å². The van der Waals surface area contributed by atoms with Crippen LogP contribution in [-0.4, -0.2) is 315 Å². The molecule has 0 spiro atoms. The molecule has 0 amide bonds. The van der Waals surface area contributed by atoms with Crippen molar-refractivity contribution in [3.8, 4) is 0 Å². The van der Waals surface area contributed by atoms with Gasteiger partial charge in [0, 0.05) is 6.42 Å². The molecule has 19 N–H and O–H groups in total. The van der Waals surface area contributed by atoms with Crippen LogP contribution >= 0.6 is 0 Å². The summed E-state index contributed by atoms with van der Waals surface area (Å²) in [5.41, 5.74) is 0. The maximum absolute atomic E-state index is 11.5. The molecule has 386 valence electrons. The fraction of sp³-hybridized carbons (Fsp3) is 1.00. The lowest BCUT2D eigenvalue weighted by atomic mass is 9.95. The van der Waals surface area contributed by atoms with E-state index in [-0.39, 0.29) is 6.42 Å². The van der Waals surface area contributed by atoms with Crippen LogP contribution < -0.4 is 0 Å². The van der Waals surface area contributed by atoms with Crippen LogP contribution in [0.25, 0.3) is 0 Å². The van der Waals surface area contributed by atoms with Crippen molar-refractivity contribution in [1.82, 2.24) is 0 Å². The van der Waals surface area contributed by atoms with Gasteiger partial charge in [-0.05, 0) is 0 Å². The third-order valence-corrected chi connectivity index (χ3v) is 12.3. The van der Waals surface area contributed by atoms with Gasteiger partial charge in [-0.25, -0.2) is 0 Å². The maximum Gasteiger partial charge on any atom is 0.187 e. The van der Waals surface area contributed by atoms with Crippen LogP contribution in [0.2, 0.25) is 0 Å². The summed E-state index contributed by atoms with van der Waals surface area (Å²) in [4.78, 5) is 0. The number of hydrogen-bond acceptors (Lipinski definition) is 30. The van der Waals surface area contributed by atoms with E-state index in [4.69, 9.17) is 52.1 Å². The van der Waals surface area contributed by atoms with Crippen molar-refractivity contribution < 1.29 is 149 Å². The normalized spacial score (nSPS) is 52.9. The SMILES string of the molecule is OC[C@@H]1C[C@H](O[C@@H]2O[C@H](CO)[C@@H](O)[C@H](O[C@@H]3O[C@H](CO)[C@@H](O)[C@H](O[C@@H]4O[C@H](CO)[C@@H](O)[C@H](O[C@@H]5O[C@H](CO)[C@@H](O)[C@H](O[C@@H]6O[C@H](CO)[C@@H](O)[C@H](O)[C@H]6O)[C@H]5O)[C@H]4O)[C@H]3O)[C@H]2O)[C@H](O)C(O)O1. The highest BCUT2D eigenvalue weighted by molar-refractivity contribution is 4.99. The Hall–Kier alpha value is -1.20. The average Bonchev–Trinajstić information content (AvgIpc) is 3.30. The van der Waals surface area contributed by atoms with Gasteiger partial charge >= 0.3 is 0 Å². The van der Waals surface area contributed by atoms with Gasteiger partial charge in [0.05, 0.1) is 51.8 Å². The summed E-state index contributed by atoms with van der Waals surface area (Å²) in [6, 6.07) is 0. The summed E-state index contributed by atoms with van der Waals surface area (Å²) in [6.45, 7) is -5.40. The second-order valence-electron chi connectivity index (χ2n) is 16.7. The van der Waals surface area contributed by atoms with Gasteiger partial charge in [-0.15, -0.1) is 0 Å².